The number of hydrogen-bond acceptors (Lipinski definition) is 6. The SMILES string of the molecule is CCOC(=O)C(C)(C)C(=O)CSc1nnc2ccccn12. The second-order valence-corrected chi connectivity index (χ2v) is 5.91. The zero-order valence-electron chi connectivity index (χ0n) is 12.2. The molecule has 0 bridgehead atoms. The average molecular weight is 307 g/mol. The molecule has 0 saturated heterocycles. The first-order valence-corrected chi connectivity index (χ1v) is 7.58. The first kappa shape index (κ1) is 15.5. The zero-order chi connectivity index (χ0) is 15.5. The van der Waals surface area contributed by atoms with E-state index in [1.165, 1.54) is 11.8 Å². The van der Waals surface area contributed by atoms with Crippen molar-refractivity contribution < 1.29 is 14.3 Å². The average Bonchev–Trinajstić information content (AvgIpc) is 2.88. The van der Waals surface area contributed by atoms with Crippen LogP contribution in [-0.4, -0.2) is 38.7 Å². The minimum Gasteiger partial charge on any atom is -0.465 e. The number of carbonyl (C=O) groups is 2. The predicted octanol–water partition coefficient (Wildman–Crippen LogP) is 1.98. The van der Waals surface area contributed by atoms with E-state index in [1.807, 2.05) is 24.4 Å². The van der Waals surface area contributed by atoms with Crippen LogP contribution < -0.4 is 0 Å². The molecule has 0 spiro atoms. The van der Waals surface area contributed by atoms with Gasteiger partial charge in [0.25, 0.3) is 0 Å². The maximum atomic E-state index is 12.2. The molecule has 0 unspecified atom stereocenters. The van der Waals surface area contributed by atoms with Gasteiger partial charge >= 0.3 is 5.97 Å². The van der Waals surface area contributed by atoms with E-state index in [2.05, 4.69) is 10.2 Å². The van der Waals surface area contributed by atoms with Gasteiger partial charge in [-0.05, 0) is 32.9 Å². The van der Waals surface area contributed by atoms with E-state index in [0.29, 0.717) is 5.16 Å². The standard InChI is InChI=1S/C14H17N3O3S/c1-4-20-12(19)14(2,3)10(18)9-21-13-16-15-11-7-5-6-8-17(11)13/h5-8H,4,9H2,1-3H3. The molecular formula is C14H17N3O3S. The van der Waals surface area contributed by atoms with Crippen LogP contribution >= 0.6 is 11.8 Å². The van der Waals surface area contributed by atoms with Crippen molar-refractivity contribution in [3.05, 3.63) is 24.4 Å². The van der Waals surface area contributed by atoms with Crippen molar-refractivity contribution in [3.63, 3.8) is 0 Å². The molecular weight excluding hydrogens is 290 g/mol. The van der Waals surface area contributed by atoms with E-state index in [0.717, 1.165) is 5.65 Å². The summed E-state index contributed by atoms with van der Waals surface area (Å²) in [5, 5.41) is 8.67. The molecule has 0 aliphatic carbocycles. The smallest absolute Gasteiger partial charge is 0.319 e. The topological polar surface area (TPSA) is 73.6 Å². The molecule has 2 aromatic rings. The lowest BCUT2D eigenvalue weighted by Crippen LogP contribution is -2.36. The van der Waals surface area contributed by atoms with E-state index < -0.39 is 11.4 Å². The Morgan fingerprint density at radius 1 is 1.33 bits per heavy atom. The number of aromatic nitrogens is 3. The van der Waals surface area contributed by atoms with Crippen LogP contribution in [0.1, 0.15) is 20.8 Å². The van der Waals surface area contributed by atoms with E-state index >= 15 is 0 Å². The molecule has 0 N–H and O–H groups in total. The van der Waals surface area contributed by atoms with Gasteiger partial charge in [0.05, 0.1) is 12.4 Å². The Balaban J connectivity index is 2.05. The Labute approximate surface area is 126 Å². The molecule has 0 aliphatic rings. The van der Waals surface area contributed by atoms with E-state index in [-0.39, 0.29) is 18.1 Å². The largest absolute Gasteiger partial charge is 0.465 e. The Bertz CT molecular complexity index is 666. The number of fused-ring (bicyclic) bond motifs is 1. The molecule has 112 valence electrons. The van der Waals surface area contributed by atoms with Crippen molar-refractivity contribution in [2.75, 3.05) is 12.4 Å². The van der Waals surface area contributed by atoms with Crippen LogP contribution in [0.4, 0.5) is 0 Å². The summed E-state index contributed by atoms with van der Waals surface area (Å²) in [6.45, 7) is 5.14. The molecule has 2 aromatic heterocycles. The van der Waals surface area contributed by atoms with Gasteiger partial charge in [-0.25, -0.2) is 0 Å². The Kier molecular flexibility index (Phi) is 4.62. The zero-order valence-corrected chi connectivity index (χ0v) is 13.0. The third kappa shape index (κ3) is 3.24. The molecule has 2 heterocycles. The van der Waals surface area contributed by atoms with Crippen LogP contribution in [0.5, 0.6) is 0 Å². The Morgan fingerprint density at radius 3 is 2.81 bits per heavy atom. The van der Waals surface area contributed by atoms with Crippen molar-refractivity contribution in [1.82, 2.24) is 14.6 Å². The van der Waals surface area contributed by atoms with Gasteiger partial charge in [0.2, 0.25) is 0 Å². The quantitative estimate of drug-likeness (QED) is 0.461. The third-order valence-corrected chi connectivity index (χ3v) is 4.04. The monoisotopic (exact) mass is 307 g/mol. The van der Waals surface area contributed by atoms with Crippen LogP contribution in [0.3, 0.4) is 0 Å². The fourth-order valence-electron chi connectivity index (χ4n) is 1.65. The highest BCUT2D eigenvalue weighted by molar-refractivity contribution is 7.99. The van der Waals surface area contributed by atoms with Crippen molar-refractivity contribution in [1.29, 1.82) is 0 Å². The lowest BCUT2D eigenvalue weighted by Gasteiger charge is -2.20. The number of ketones is 1. The second kappa shape index (κ2) is 6.26. The molecule has 6 nitrogen and oxygen atoms in total. The molecule has 21 heavy (non-hydrogen) atoms. The van der Waals surface area contributed by atoms with Gasteiger partial charge in [-0.1, -0.05) is 17.8 Å². The van der Waals surface area contributed by atoms with Crippen molar-refractivity contribution in [2.45, 2.75) is 25.9 Å². The first-order valence-electron chi connectivity index (χ1n) is 6.60. The number of pyridine rings is 1. The number of rotatable bonds is 6. The molecule has 0 radical (unpaired) electrons. The summed E-state index contributed by atoms with van der Waals surface area (Å²) in [6, 6.07) is 5.57. The van der Waals surface area contributed by atoms with Crippen molar-refractivity contribution in [3.8, 4) is 0 Å². The van der Waals surface area contributed by atoms with Crippen molar-refractivity contribution >= 4 is 29.2 Å². The first-order chi connectivity index (χ1) is 9.96. The summed E-state index contributed by atoms with van der Waals surface area (Å²) in [5.41, 5.74) is -0.430. The molecule has 0 aliphatic heterocycles. The molecule has 0 fully saturated rings. The number of ether oxygens (including phenoxy) is 1. The molecule has 0 aromatic carbocycles. The number of carbonyl (C=O) groups excluding carboxylic acids is 2. The summed E-state index contributed by atoms with van der Waals surface area (Å²) >= 11 is 1.26. The fourth-order valence-corrected chi connectivity index (χ4v) is 2.67. The summed E-state index contributed by atoms with van der Waals surface area (Å²) in [6.07, 6.45) is 1.83. The van der Waals surface area contributed by atoms with Gasteiger partial charge in [0.15, 0.2) is 16.6 Å². The Morgan fingerprint density at radius 2 is 2.10 bits per heavy atom. The minimum atomic E-state index is -1.15. The highest BCUT2D eigenvalue weighted by Gasteiger charge is 2.37. The number of Topliss-reactive ketones (excluding diaryl/α,β-unsaturated/α-hetero) is 1. The van der Waals surface area contributed by atoms with Crippen LogP contribution in [0, 0.1) is 5.41 Å². The van der Waals surface area contributed by atoms with Gasteiger partial charge in [-0.15, -0.1) is 10.2 Å². The molecule has 0 atom stereocenters. The van der Waals surface area contributed by atoms with Crippen molar-refractivity contribution in [2.24, 2.45) is 5.41 Å². The minimum absolute atomic E-state index is 0.140. The number of nitrogens with zero attached hydrogens (tertiary/aromatic N) is 3. The van der Waals surface area contributed by atoms with E-state index in [4.69, 9.17) is 4.74 Å². The summed E-state index contributed by atoms with van der Waals surface area (Å²) in [4.78, 5) is 24.0. The van der Waals surface area contributed by atoms with Gasteiger partial charge in [0, 0.05) is 6.20 Å². The highest BCUT2D eigenvalue weighted by Crippen LogP contribution is 2.24. The molecule has 7 heteroatoms. The van der Waals surface area contributed by atoms with Crippen LogP contribution in [0.15, 0.2) is 29.6 Å². The predicted molar refractivity (Wildman–Crippen MR) is 79.1 cm³/mol. The third-order valence-electron chi connectivity index (χ3n) is 3.10. The molecule has 2 rings (SSSR count). The van der Waals surface area contributed by atoms with Gasteiger partial charge in [-0.3, -0.25) is 14.0 Å². The van der Waals surface area contributed by atoms with Crippen LogP contribution in [0.25, 0.3) is 5.65 Å². The lowest BCUT2D eigenvalue weighted by molar-refractivity contribution is -0.157. The molecule has 0 saturated carbocycles. The number of esters is 1. The van der Waals surface area contributed by atoms with Gasteiger partial charge in [-0.2, -0.15) is 0 Å². The number of thioether (sulfide) groups is 1. The summed E-state index contributed by atoms with van der Waals surface area (Å²) in [5.74, 6) is -0.554. The fraction of sp³-hybridized carbons (Fsp3) is 0.429. The van der Waals surface area contributed by atoms with Gasteiger partial charge in [0.1, 0.15) is 5.41 Å². The maximum Gasteiger partial charge on any atom is 0.319 e. The van der Waals surface area contributed by atoms with Crippen LogP contribution in [-0.2, 0) is 14.3 Å². The number of hydrogen-bond donors (Lipinski definition) is 0. The Hall–Kier alpha value is -1.89. The summed E-state index contributed by atoms with van der Waals surface area (Å²) < 4.78 is 6.73. The van der Waals surface area contributed by atoms with E-state index in [1.54, 1.807) is 25.2 Å². The second-order valence-electron chi connectivity index (χ2n) is 4.97. The normalized spacial score (nSPS) is 11.6. The van der Waals surface area contributed by atoms with Crippen LogP contribution in [0.2, 0.25) is 0 Å². The van der Waals surface area contributed by atoms with E-state index in [9.17, 15) is 9.59 Å². The lowest BCUT2D eigenvalue weighted by atomic mass is 9.89. The maximum absolute atomic E-state index is 12.2. The molecule has 0 amide bonds. The van der Waals surface area contributed by atoms with Gasteiger partial charge < -0.3 is 4.74 Å². The summed E-state index contributed by atoms with van der Waals surface area (Å²) in [7, 11) is 0. The highest BCUT2D eigenvalue weighted by atomic mass is 32.2.